The molecule has 0 saturated heterocycles. The third-order valence-corrected chi connectivity index (χ3v) is 4.35. The summed E-state index contributed by atoms with van der Waals surface area (Å²) >= 11 is 5.68. The number of hydrogen-bond acceptors (Lipinski definition) is 4. The van der Waals surface area contributed by atoms with Gasteiger partial charge in [0, 0.05) is 18.4 Å². The van der Waals surface area contributed by atoms with E-state index < -0.39 is 28.6 Å². The van der Waals surface area contributed by atoms with Gasteiger partial charge in [0.1, 0.15) is 11.4 Å². The second-order valence-corrected chi connectivity index (χ2v) is 6.20. The molecule has 0 atom stereocenters. The molecule has 6 nitrogen and oxygen atoms in total. The predicted octanol–water partition coefficient (Wildman–Crippen LogP) is 1.22. The topological polar surface area (TPSA) is 87.6 Å². The molecule has 0 aliphatic carbocycles. The highest BCUT2D eigenvalue weighted by Gasteiger charge is 2.29. The highest BCUT2D eigenvalue weighted by molar-refractivity contribution is 7.89. The minimum atomic E-state index is -3.91. The van der Waals surface area contributed by atoms with Gasteiger partial charge in [-0.2, -0.15) is 4.31 Å². The molecule has 0 bridgehead atoms. The van der Waals surface area contributed by atoms with Crippen LogP contribution in [-0.4, -0.2) is 41.4 Å². The highest BCUT2D eigenvalue weighted by atomic mass is 35.5. The van der Waals surface area contributed by atoms with Crippen molar-refractivity contribution in [2.24, 2.45) is 0 Å². The summed E-state index contributed by atoms with van der Waals surface area (Å²) in [4.78, 5) is 14.3. The van der Waals surface area contributed by atoms with Gasteiger partial charge in [-0.25, -0.2) is 8.42 Å². The molecular formula is C10H13ClN2O4S. The fraction of sp³-hybridized carbons (Fsp3) is 0.400. The molecule has 0 amide bonds. The zero-order chi connectivity index (χ0) is 13.9. The van der Waals surface area contributed by atoms with Crippen molar-refractivity contribution in [1.29, 1.82) is 0 Å². The Morgan fingerprint density at radius 2 is 2.11 bits per heavy atom. The fourth-order valence-electron chi connectivity index (χ4n) is 1.35. The van der Waals surface area contributed by atoms with E-state index in [1.807, 2.05) is 0 Å². The number of carboxylic acid groups (broad SMARTS) is 1. The predicted molar refractivity (Wildman–Crippen MR) is 65.9 cm³/mol. The van der Waals surface area contributed by atoms with Gasteiger partial charge in [-0.1, -0.05) is 11.6 Å². The molecule has 0 aliphatic rings. The van der Waals surface area contributed by atoms with E-state index in [1.165, 1.54) is 12.3 Å². The minimum absolute atomic E-state index is 0.120. The van der Waals surface area contributed by atoms with Crippen LogP contribution in [0.5, 0.6) is 0 Å². The molecule has 1 aromatic rings. The van der Waals surface area contributed by atoms with Crippen molar-refractivity contribution in [3.63, 3.8) is 0 Å². The fourth-order valence-corrected chi connectivity index (χ4v) is 3.16. The van der Waals surface area contributed by atoms with Crippen LogP contribution in [0.4, 0.5) is 0 Å². The molecule has 0 saturated carbocycles. The van der Waals surface area contributed by atoms with Gasteiger partial charge in [0.25, 0.3) is 0 Å². The summed E-state index contributed by atoms with van der Waals surface area (Å²) in [5, 5.41) is 8.93. The van der Waals surface area contributed by atoms with Crippen molar-refractivity contribution in [2.45, 2.75) is 24.8 Å². The van der Waals surface area contributed by atoms with E-state index in [1.54, 1.807) is 13.8 Å². The number of rotatable bonds is 5. The van der Waals surface area contributed by atoms with Crippen LogP contribution in [0.3, 0.4) is 0 Å². The maximum atomic E-state index is 12.2. The standard InChI is InChI=1S/C10H13ClN2O4S/c1-7(2)13(6-10(14)15)18(16,17)9-3-8(11)4-12-5-9/h3-5,7H,6H2,1-2H3,(H,14,15). The van der Waals surface area contributed by atoms with E-state index >= 15 is 0 Å². The lowest BCUT2D eigenvalue weighted by Gasteiger charge is -2.23. The maximum absolute atomic E-state index is 12.2. The molecule has 1 heterocycles. The number of hydrogen-bond donors (Lipinski definition) is 1. The molecule has 18 heavy (non-hydrogen) atoms. The van der Waals surface area contributed by atoms with Gasteiger partial charge in [-0.15, -0.1) is 0 Å². The Labute approximate surface area is 110 Å². The Hall–Kier alpha value is -1.18. The number of aliphatic carboxylic acids is 1. The molecule has 0 fully saturated rings. The minimum Gasteiger partial charge on any atom is -0.480 e. The molecular weight excluding hydrogens is 280 g/mol. The van der Waals surface area contributed by atoms with Crippen LogP contribution in [0, 0.1) is 0 Å². The first-order valence-electron chi connectivity index (χ1n) is 5.09. The van der Waals surface area contributed by atoms with Crippen LogP contribution in [0.2, 0.25) is 5.02 Å². The quantitative estimate of drug-likeness (QED) is 0.881. The molecule has 0 radical (unpaired) electrons. The Balaban J connectivity index is 3.21. The van der Waals surface area contributed by atoms with E-state index in [2.05, 4.69) is 4.98 Å². The maximum Gasteiger partial charge on any atom is 0.318 e. The number of sulfonamides is 1. The zero-order valence-electron chi connectivity index (χ0n) is 9.87. The summed E-state index contributed by atoms with van der Waals surface area (Å²) in [6.07, 6.45) is 2.44. The van der Waals surface area contributed by atoms with Gasteiger partial charge in [0.2, 0.25) is 10.0 Å². The van der Waals surface area contributed by atoms with Gasteiger partial charge in [-0.3, -0.25) is 9.78 Å². The Kier molecular flexibility index (Phi) is 4.66. The largest absolute Gasteiger partial charge is 0.480 e. The van der Waals surface area contributed by atoms with Crippen LogP contribution < -0.4 is 0 Å². The molecule has 0 aromatic carbocycles. The second-order valence-electron chi connectivity index (χ2n) is 3.88. The van der Waals surface area contributed by atoms with Crippen molar-refractivity contribution in [2.75, 3.05) is 6.54 Å². The van der Waals surface area contributed by atoms with Gasteiger partial charge in [-0.05, 0) is 19.9 Å². The summed E-state index contributed by atoms with van der Waals surface area (Å²) in [7, 11) is -3.91. The molecule has 1 rings (SSSR count). The summed E-state index contributed by atoms with van der Waals surface area (Å²) in [6.45, 7) is 2.59. The zero-order valence-corrected chi connectivity index (χ0v) is 11.4. The molecule has 8 heteroatoms. The van der Waals surface area contributed by atoms with E-state index in [9.17, 15) is 13.2 Å². The van der Waals surface area contributed by atoms with Gasteiger partial charge in [0.05, 0.1) is 5.02 Å². The average molecular weight is 293 g/mol. The monoisotopic (exact) mass is 292 g/mol. The SMILES string of the molecule is CC(C)N(CC(=O)O)S(=O)(=O)c1cncc(Cl)c1. The van der Waals surface area contributed by atoms with Crippen molar-refractivity contribution < 1.29 is 18.3 Å². The summed E-state index contributed by atoms with van der Waals surface area (Å²) in [5.41, 5.74) is 0. The number of halogens is 1. The molecule has 1 N–H and O–H groups in total. The molecule has 0 unspecified atom stereocenters. The highest BCUT2D eigenvalue weighted by Crippen LogP contribution is 2.19. The Morgan fingerprint density at radius 3 is 2.56 bits per heavy atom. The second kappa shape index (κ2) is 5.64. The van der Waals surface area contributed by atoms with Crippen LogP contribution >= 0.6 is 11.6 Å². The third-order valence-electron chi connectivity index (χ3n) is 2.15. The van der Waals surface area contributed by atoms with Gasteiger partial charge < -0.3 is 5.11 Å². The Morgan fingerprint density at radius 1 is 1.50 bits per heavy atom. The number of nitrogens with zero attached hydrogens (tertiary/aromatic N) is 2. The van der Waals surface area contributed by atoms with Crippen LogP contribution in [0.15, 0.2) is 23.4 Å². The number of pyridine rings is 1. The van der Waals surface area contributed by atoms with Crippen molar-refractivity contribution >= 4 is 27.6 Å². The van der Waals surface area contributed by atoms with Crippen molar-refractivity contribution in [3.05, 3.63) is 23.5 Å². The van der Waals surface area contributed by atoms with Crippen LogP contribution in [0.25, 0.3) is 0 Å². The van der Waals surface area contributed by atoms with E-state index in [4.69, 9.17) is 16.7 Å². The molecule has 0 spiro atoms. The number of aromatic nitrogens is 1. The average Bonchev–Trinajstić information content (AvgIpc) is 2.25. The third kappa shape index (κ3) is 3.41. The van der Waals surface area contributed by atoms with Crippen LogP contribution in [-0.2, 0) is 14.8 Å². The smallest absolute Gasteiger partial charge is 0.318 e. The van der Waals surface area contributed by atoms with E-state index in [-0.39, 0.29) is 9.92 Å². The molecule has 0 aliphatic heterocycles. The van der Waals surface area contributed by atoms with Crippen molar-refractivity contribution in [1.82, 2.24) is 9.29 Å². The molecule has 100 valence electrons. The van der Waals surface area contributed by atoms with E-state index in [0.29, 0.717) is 0 Å². The first-order valence-corrected chi connectivity index (χ1v) is 6.91. The summed E-state index contributed by atoms with van der Waals surface area (Å²) in [5.74, 6) is -1.22. The number of carboxylic acids is 1. The van der Waals surface area contributed by atoms with Gasteiger partial charge >= 0.3 is 5.97 Å². The first-order chi connectivity index (χ1) is 8.25. The lowest BCUT2D eigenvalue weighted by Crippen LogP contribution is -2.40. The van der Waals surface area contributed by atoms with Gasteiger partial charge in [0.15, 0.2) is 0 Å². The van der Waals surface area contributed by atoms with Crippen LogP contribution in [0.1, 0.15) is 13.8 Å². The lowest BCUT2D eigenvalue weighted by atomic mass is 10.4. The summed E-state index contributed by atoms with van der Waals surface area (Å²) in [6, 6.07) is 0.756. The normalized spacial score (nSPS) is 12.1. The molecule has 1 aromatic heterocycles. The number of carbonyl (C=O) groups is 1. The lowest BCUT2D eigenvalue weighted by molar-refractivity contribution is -0.137. The van der Waals surface area contributed by atoms with Crippen molar-refractivity contribution in [3.8, 4) is 0 Å². The Bertz CT molecular complexity index is 545. The summed E-state index contributed by atoms with van der Waals surface area (Å²) < 4.78 is 25.3. The first kappa shape index (κ1) is 14.9. The van der Waals surface area contributed by atoms with E-state index in [0.717, 1.165) is 10.5 Å².